The second kappa shape index (κ2) is 7.06. The number of rotatable bonds is 3. The summed E-state index contributed by atoms with van der Waals surface area (Å²) >= 11 is 0. The van der Waals surface area contributed by atoms with Crippen molar-refractivity contribution in [3.05, 3.63) is 33.9 Å². The molecule has 1 aromatic rings. The van der Waals surface area contributed by atoms with Crippen LogP contribution in [0.4, 0.5) is 11.4 Å². The minimum Gasteiger partial charge on any atom is -0.383 e. The Balaban J connectivity index is 2.31. The fourth-order valence-electron chi connectivity index (χ4n) is 2.74. The lowest BCUT2D eigenvalue weighted by molar-refractivity contribution is -0.384. The van der Waals surface area contributed by atoms with Crippen LogP contribution in [0.3, 0.4) is 0 Å². The number of hydrogen-bond acceptors (Lipinski definition) is 4. The number of anilines is 1. The van der Waals surface area contributed by atoms with Gasteiger partial charge in [-0.3, -0.25) is 14.9 Å². The average Bonchev–Trinajstić information content (AvgIpc) is 2.45. The van der Waals surface area contributed by atoms with Crippen molar-refractivity contribution in [1.29, 1.82) is 0 Å². The highest BCUT2D eigenvalue weighted by Crippen LogP contribution is 2.29. The number of nitrogens with one attached hydrogen (secondary N) is 1. The molecule has 21 heavy (non-hydrogen) atoms. The molecule has 1 aromatic carbocycles. The SMILES string of the molecule is CNc1cccc(C(=O)N2CCCCCCC2)c1[N+](=O)[O-]. The molecule has 0 aromatic heterocycles. The van der Waals surface area contributed by atoms with Crippen LogP contribution in [0.1, 0.15) is 42.5 Å². The van der Waals surface area contributed by atoms with Crippen molar-refractivity contribution in [3.63, 3.8) is 0 Å². The van der Waals surface area contributed by atoms with Gasteiger partial charge in [-0.1, -0.05) is 25.3 Å². The van der Waals surface area contributed by atoms with Crippen molar-refractivity contribution in [2.24, 2.45) is 0 Å². The van der Waals surface area contributed by atoms with Gasteiger partial charge in [0.1, 0.15) is 11.3 Å². The second-order valence-corrected chi connectivity index (χ2v) is 5.27. The predicted molar refractivity (Wildman–Crippen MR) is 81.6 cm³/mol. The Morgan fingerprint density at radius 3 is 2.38 bits per heavy atom. The first-order valence-electron chi connectivity index (χ1n) is 7.39. The number of benzene rings is 1. The highest BCUT2D eigenvalue weighted by Gasteiger charge is 2.27. The quantitative estimate of drug-likeness (QED) is 0.686. The monoisotopic (exact) mass is 291 g/mol. The molecule has 0 bridgehead atoms. The number of carbonyl (C=O) groups excluding carboxylic acids is 1. The topological polar surface area (TPSA) is 75.5 Å². The third kappa shape index (κ3) is 3.51. The molecule has 0 atom stereocenters. The smallest absolute Gasteiger partial charge is 0.305 e. The molecule has 1 N–H and O–H groups in total. The summed E-state index contributed by atoms with van der Waals surface area (Å²) in [5.41, 5.74) is 0.414. The highest BCUT2D eigenvalue weighted by molar-refractivity contribution is 6.00. The standard InChI is InChI=1S/C15H21N3O3/c1-16-13-9-7-8-12(14(13)18(20)21)15(19)17-10-5-3-2-4-6-11-17/h7-9,16H,2-6,10-11H2,1H3. The molecule has 0 saturated carbocycles. The van der Waals surface area contributed by atoms with Gasteiger partial charge in [-0.25, -0.2) is 0 Å². The highest BCUT2D eigenvalue weighted by atomic mass is 16.6. The Morgan fingerprint density at radius 2 is 1.81 bits per heavy atom. The van der Waals surface area contributed by atoms with Crippen LogP contribution in [-0.2, 0) is 0 Å². The molecule has 0 spiro atoms. The number of nitrogens with zero attached hydrogens (tertiary/aromatic N) is 2. The van der Waals surface area contributed by atoms with E-state index in [9.17, 15) is 14.9 Å². The molecule has 1 aliphatic heterocycles. The molecule has 1 heterocycles. The van der Waals surface area contributed by atoms with Gasteiger partial charge in [-0.15, -0.1) is 0 Å². The molecular formula is C15H21N3O3. The van der Waals surface area contributed by atoms with E-state index in [1.165, 1.54) is 6.42 Å². The van der Waals surface area contributed by atoms with Crippen molar-refractivity contribution in [3.8, 4) is 0 Å². The van der Waals surface area contributed by atoms with Crippen molar-refractivity contribution >= 4 is 17.3 Å². The largest absolute Gasteiger partial charge is 0.383 e. The van der Waals surface area contributed by atoms with E-state index in [2.05, 4.69) is 5.32 Å². The summed E-state index contributed by atoms with van der Waals surface area (Å²) in [6.45, 7) is 1.36. The van der Waals surface area contributed by atoms with E-state index in [0.29, 0.717) is 18.8 Å². The van der Waals surface area contributed by atoms with Gasteiger partial charge in [0.05, 0.1) is 4.92 Å². The lowest BCUT2D eigenvalue weighted by Gasteiger charge is -2.25. The lowest BCUT2D eigenvalue weighted by Crippen LogP contribution is -2.34. The van der Waals surface area contributed by atoms with Gasteiger partial charge in [0.2, 0.25) is 0 Å². The molecule has 0 radical (unpaired) electrons. The summed E-state index contributed by atoms with van der Waals surface area (Å²) in [5, 5.41) is 14.1. The Kier molecular flexibility index (Phi) is 5.14. The summed E-state index contributed by atoms with van der Waals surface area (Å²) in [6, 6.07) is 4.83. The third-order valence-corrected chi connectivity index (χ3v) is 3.86. The van der Waals surface area contributed by atoms with E-state index in [1.54, 1.807) is 30.1 Å². The van der Waals surface area contributed by atoms with E-state index < -0.39 is 4.92 Å². The minimum absolute atomic E-state index is 0.132. The number of carbonyl (C=O) groups is 1. The van der Waals surface area contributed by atoms with Gasteiger partial charge < -0.3 is 10.2 Å². The molecule has 1 fully saturated rings. The van der Waals surface area contributed by atoms with Crippen LogP contribution in [0.2, 0.25) is 0 Å². The predicted octanol–water partition coefficient (Wildman–Crippen LogP) is 3.04. The maximum Gasteiger partial charge on any atom is 0.305 e. The first kappa shape index (κ1) is 15.3. The number of nitro groups is 1. The molecule has 0 aliphatic carbocycles. The van der Waals surface area contributed by atoms with Crippen molar-refractivity contribution in [2.75, 3.05) is 25.5 Å². The van der Waals surface area contributed by atoms with Crippen LogP contribution in [0.15, 0.2) is 18.2 Å². The molecule has 6 nitrogen and oxygen atoms in total. The van der Waals surface area contributed by atoms with Crippen LogP contribution in [0, 0.1) is 10.1 Å². The molecule has 2 rings (SSSR count). The molecule has 114 valence electrons. The zero-order valence-electron chi connectivity index (χ0n) is 12.3. The van der Waals surface area contributed by atoms with Gasteiger partial charge in [-0.05, 0) is 25.0 Å². The van der Waals surface area contributed by atoms with Gasteiger partial charge in [0, 0.05) is 20.1 Å². The van der Waals surface area contributed by atoms with E-state index in [1.807, 2.05) is 0 Å². The summed E-state index contributed by atoms with van der Waals surface area (Å²) in [7, 11) is 1.62. The van der Waals surface area contributed by atoms with Gasteiger partial charge in [0.15, 0.2) is 0 Å². The molecular weight excluding hydrogens is 270 g/mol. The van der Waals surface area contributed by atoms with Crippen molar-refractivity contribution in [2.45, 2.75) is 32.1 Å². The Bertz CT molecular complexity index is 523. The third-order valence-electron chi connectivity index (χ3n) is 3.86. The van der Waals surface area contributed by atoms with Crippen LogP contribution in [0.25, 0.3) is 0 Å². The van der Waals surface area contributed by atoms with Crippen molar-refractivity contribution in [1.82, 2.24) is 4.90 Å². The maximum absolute atomic E-state index is 12.7. The lowest BCUT2D eigenvalue weighted by atomic mass is 10.1. The number of nitro benzene ring substituents is 1. The first-order chi connectivity index (χ1) is 10.1. The molecule has 6 heteroatoms. The molecule has 1 amide bonds. The second-order valence-electron chi connectivity index (χ2n) is 5.27. The Labute approximate surface area is 124 Å². The summed E-state index contributed by atoms with van der Waals surface area (Å²) in [6.07, 6.45) is 5.36. The number of amides is 1. The van der Waals surface area contributed by atoms with Crippen molar-refractivity contribution < 1.29 is 9.72 Å². The van der Waals surface area contributed by atoms with E-state index in [0.717, 1.165) is 25.7 Å². The number of hydrogen-bond donors (Lipinski definition) is 1. The summed E-state index contributed by atoms with van der Waals surface area (Å²) < 4.78 is 0. The summed E-state index contributed by atoms with van der Waals surface area (Å²) in [5.74, 6) is -0.235. The maximum atomic E-state index is 12.7. The molecule has 0 unspecified atom stereocenters. The first-order valence-corrected chi connectivity index (χ1v) is 7.39. The summed E-state index contributed by atoms with van der Waals surface area (Å²) in [4.78, 5) is 25.2. The number of likely N-dealkylation sites (tertiary alicyclic amines) is 1. The van der Waals surface area contributed by atoms with E-state index >= 15 is 0 Å². The molecule has 1 aliphatic rings. The Hall–Kier alpha value is -2.11. The zero-order valence-corrected chi connectivity index (χ0v) is 12.3. The zero-order chi connectivity index (χ0) is 15.2. The fraction of sp³-hybridized carbons (Fsp3) is 0.533. The van der Waals surface area contributed by atoms with E-state index in [-0.39, 0.29) is 17.2 Å². The van der Waals surface area contributed by atoms with Crippen LogP contribution in [-0.4, -0.2) is 35.9 Å². The normalized spacial score (nSPS) is 16.0. The van der Waals surface area contributed by atoms with Crippen LogP contribution in [0.5, 0.6) is 0 Å². The number of para-hydroxylation sites is 1. The van der Waals surface area contributed by atoms with E-state index in [4.69, 9.17) is 0 Å². The van der Waals surface area contributed by atoms with Gasteiger partial charge in [0.25, 0.3) is 5.91 Å². The van der Waals surface area contributed by atoms with Crippen LogP contribution < -0.4 is 5.32 Å². The van der Waals surface area contributed by atoms with Gasteiger partial charge in [-0.2, -0.15) is 0 Å². The van der Waals surface area contributed by atoms with Gasteiger partial charge >= 0.3 is 5.69 Å². The minimum atomic E-state index is -0.483. The fourth-order valence-corrected chi connectivity index (χ4v) is 2.74. The van der Waals surface area contributed by atoms with Crippen LogP contribution >= 0.6 is 0 Å². The average molecular weight is 291 g/mol. The Morgan fingerprint density at radius 1 is 1.19 bits per heavy atom. The molecule has 1 saturated heterocycles.